The Morgan fingerprint density at radius 2 is 2.17 bits per heavy atom. The summed E-state index contributed by atoms with van der Waals surface area (Å²) in [7, 11) is 0. The number of nitrogens with one attached hydrogen (secondary N) is 1. The third-order valence-electron chi connectivity index (χ3n) is 2.55. The molecule has 2 heteroatoms. The van der Waals surface area contributed by atoms with Crippen LogP contribution in [0, 0.1) is 0 Å². The van der Waals surface area contributed by atoms with E-state index in [0.29, 0.717) is 5.41 Å². The van der Waals surface area contributed by atoms with Crippen LogP contribution in [-0.4, -0.2) is 13.1 Å². The Hall–Kier alpha value is -0.530. The molecule has 1 heterocycles. The molecule has 1 nitrogen and oxygen atoms in total. The average molecular weight is 182 g/mol. The number of rotatable bonds is 1. The van der Waals surface area contributed by atoms with Gasteiger partial charge in [0.05, 0.1) is 0 Å². The van der Waals surface area contributed by atoms with Crippen LogP contribution in [0.3, 0.4) is 0 Å². The van der Waals surface area contributed by atoms with Crippen LogP contribution < -0.4 is 5.32 Å². The van der Waals surface area contributed by atoms with Crippen LogP contribution in [0.15, 0.2) is 24.3 Å². The van der Waals surface area contributed by atoms with Gasteiger partial charge >= 0.3 is 0 Å². The minimum atomic E-state index is 0.310. The van der Waals surface area contributed by atoms with E-state index in [2.05, 4.69) is 24.4 Å². The normalized spacial score (nSPS) is 20.2. The molecule has 0 spiro atoms. The van der Waals surface area contributed by atoms with Crippen molar-refractivity contribution >= 4 is 11.6 Å². The highest BCUT2D eigenvalue weighted by atomic mass is 35.5. The highest BCUT2D eigenvalue weighted by Crippen LogP contribution is 2.29. The van der Waals surface area contributed by atoms with Gasteiger partial charge in [0.1, 0.15) is 0 Å². The molecule has 1 fully saturated rings. The summed E-state index contributed by atoms with van der Waals surface area (Å²) in [6.45, 7) is 4.38. The number of benzene rings is 1. The van der Waals surface area contributed by atoms with E-state index in [1.807, 2.05) is 12.1 Å². The number of halogens is 1. The fourth-order valence-electron chi connectivity index (χ4n) is 1.57. The van der Waals surface area contributed by atoms with Crippen LogP contribution in [0.2, 0.25) is 5.02 Å². The van der Waals surface area contributed by atoms with Gasteiger partial charge in [0.25, 0.3) is 0 Å². The second kappa shape index (κ2) is 2.75. The molecule has 1 aromatic rings. The van der Waals surface area contributed by atoms with Gasteiger partial charge in [-0.2, -0.15) is 0 Å². The summed E-state index contributed by atoms with van der Waals surface area (Å²) < 4.78 is 0. The molecule has 0 atom stereocenters. The highest BCUT2D eigenvalue weighted by Gasteiger charge is 2.33. The van der Waals surface area contributed by atoms with Crippen molar-refractivity contribution in [2.24, 2.45) is 0 Å². The van der Waals surface area contributed by atoms with Gasteiger partial charge in [-0.25, -0.2) is 0 Å². The van der Waals surface area contributed by atoms with Crippen molar-refractivity contribution in [3.63, 3.8) is 0 Å². The summed E-state index contributed by atoms with van der Waals surface area (Å²) in [5.74, 6) is 0. The molecule has 1 aromatic carbocycles. The van der Waals surface area contributed by atoms with E-state index in [1.165, 1.54) is 5.56 Å². The third-order valence-corrected chi connectivity index (χ3v) is 2.79. The molecule has 0 radical (unpaired) electrons. The minimum Gasteiger partial charge on any atom is -0.315 e. The third kappa shape index (κ3) is 1.23. The van der Waals surface area contributed by atoms with Gasteiger partial charge in [0.15, 0.2) is 0 Å². The Kier molecular flexibility index (Phi) is 1.85. The van der Waals surface area contributed by atoms with E-state index < -0.39 is 0 Å². The van der Waals surface area contributed by atoms with E-state index >= 15 is 0 Å². The first-order chi connectivity index (χ1) is 5.71. The van der Waals surface area contributed by atoms with Gasteiger partial charge in [0.2, 0.25) is 0 Å². The summed E-state index contributed by atoms with van der Waals surface area (Å²) in [6, 6.07) is 8.14. The standard InChI is InChI=1S/C10H12ClN/c1-10(6-12-7-10)8-3-2-4-9(11)5-8/h2-5,12H,6-7H2,1H3. The zero-order valence-corrected chi connectivity index (χ0v) is 7.86. The first-order valence-corrected chi connectivity index (χ1v) is 4.55. The Morgan fingerprint density at radius 1 is 1.42 bits per heavy atom. The highest BCUT2D eigenvalue weighted by molar-refractivity contribution is 6.30. The summed E-state index contributed by atoms with van der Waals surface area (Å²) in [4.78, 5) is 0. The fourth-order valence-corrected chi connectivity index (χ4v) is 1.76. The van der Waals surface area contributed by atoms with Gasteiger partial charge in [-0.3, -0.25) is 0 Å². The molecule has 0 amide bonds. The van der Waals surface area contributed by atoms with Gasteiger partial charge in [-0.15, -0.1) is 0 Å². The molecular weight excluding hydrogens is 170 g/mol. The lowest BCUT2D eigenvalue weighted by Crippen LogP contribution is -2.54. The summed E-state index contributed by atoms with van der Waals surface area (Å²) in [5, 5.41) is 4.11. The summed E-state index contributed by atoms with van der Waals surface area (Å²) >= 11 is 5.91. The van der Waals surface area contributed by atoms with E-state index in [0.717, 1.165) is 18.1 Å². The van der Waals surface area contributed by atoms with Crippen molar-refractivity contribution in [1.82, 2.24) is 5.32 Å². The van der Waals surface area contributed by atoms with E-state index in [-0.39, 0.29) is 0 Å². The molecule has 12 heavy (non-hydrogen) atoms. The predicted octanol–water partition coefficient (Wildman–Crippen LogP) is 2.20. The quantitative estimate of drug-likeness (QED) is 0.701. The largest absolute Gasteiger partial charge is 0.315 e. The van der Waals surface area contributed by atoms with Gasteiger partial charge in [0, 0.05) is 23.5 Å². The van der Waals surface area contributed by atoms with E-state index in [1.54, 1.807) is 0 Å². The minimum absolute atomic E-state index is 0.310. The SMILES string of the molecule is CC1(c2cccc(Cl)c2)CNC1. The van der Waals surface area contributed by atoms with Crippen LogP contribution in [0.1, 0.15) is 12.5 Å². The molecule has 1 aliphatic rings. The molecule has 0 aliphatic carbocycles. The Morgan fingerprint density at radius 3 is 2.67 bits per heavy atom. The summed E-state index contributed by atoms with van der Waals surface area (Å²) in [6.07, 6.45) is 0. The zero-order chi connectivity index (χ0) is 8.60. The first-order valence-electron chi connectivity index (χ1n) is 4.17. The molecular formula is C10H12ClN. The van der Waals surface area contributed by atoms with E-state index in [4.69, 9.17) is 11.6 Å². The predicted molar refractivity (Wildman–Crippen MR) is 51.7 cm³/mol. The molecule has 1 aliphatic heterocycles. The first kappa shape index (κ1) is 8.09. The van der Waals surface area contributed by atoms with Gasteiger partial charge < -0.3 is 5.32 Å². The molecule has 0 saturated carbocycles. The van der Waals surface area contributed by atoms with Crippen LogP contribution in [0.4, 0.5) is 0 Å². The van der Waals surface area contributed by atoms with Crippen LogP contribution in [0.5, 0.6) is 0 Å². The molecule has 1 saturated heterocycles. The maximum Gasteiger partial charge on any atom is 0.0408 e. The van der Waals surface area contributed by atoms with Crippen LogP contribution >= 0.6 is 11.6 Å². The number of hydrogen-bond acceptors (Lipinski definition) is 1. The maximum absolute atomic E-state index is 5.91. The molecule has 1 N–H and O–H groups in total. The van der Waals surface area contributed by atoms with Crippen molar-refractivity contribution in [1.29, 1.82) is 0 Å². The Bertz CT molecular complexity index is 292. The lowest BCUT2D eigenvalue weighted by Gasteiger charge is -2.40. The molecule has 0 aromatic heterocycles. The number of hydrogen-bond donors (Lipinski definition) is 1. The lowest BCUT2D eigenvalue weighted by molar-refractivity contribution is 0.305. The monoisotopic (exact) mass is 181 g/mol. The average Bonchev–Trinajstić information content (AvgIpc) is 2.00. The van der Waals surface area contributed by atoms with Crippen LogP contribution in [0.25, 0.3) is 0 Å². The molecule has 64 valence electrons. The molecule has 0 bridgehead atoms. The van der Waals surface area contributed by atoms with Crippen molar-refractivity contribution in [3.05, 3.63) is 34.9 Å². The molecule has 2 rings (SSSR count). The van der Waals surface area contributed by atoms with Crippen molar-refractivity contribution in [2.75, 3.05) is 13.1 Å². The Balaban J connectivity index is 2.33. The van der Waals surface area contributed by atoms with Crippen molar-refractivity contribution < 1.29 is 0 Å². The van der Waals surface area contributed by atoms with E-state index in [9.17, 15) is 0 Å². The summed E-state index contributed by atoms with van der Waals surface area (Å²) in [5.41, 5.74) is 1.65. The zero-order valence-electron chi connectivity index (χ0n) is 7.10. The molecule has 0 unspecified atom stereocenters. The topological polar surface area (TPSA) is 12.0 Å². The second-order valence-corrected chi connectivity index (χ2v) is 4.11. The smallest absolute Gasteiger partial charge is 0.0408 e. The van der Waals surface area contributed by atoms with Gasteiger partial charge in [-0.05, 0) is 17.7 Å². The maximum atomic E-state index is 5.91. The van der Waals surface area contributed by atoms with Crippen molar-refractivity contribution in [3.8, 4) is 0 Å². The van der Waals surface area contributed by atoms with Crippen molar-refractivity contribution in [2.45, 2.75) is 12.3 Å². The second-order valence-electron chi connectivity index (χ2n) is 3.67. The van der Waals surface area contributed by atoms with Crippen LogP contribution in [-0.2, 0) is 5.41 Å². The fraction of sp³-hybridized carbons (Fsp3) is 0.400. The van der Waals surface area contributed by atoms with Gasteiger partial charge in [-0.1, -0.05) is 30.7 Å². The Labute approximate surface area is 77.7 Å². The lowest BCUT2D eigenvalue weighted by atomic mass is 9.77.